The molecule has 0 aliphatic carbocycles. The summed E-state index contributed by atoms with van der Waals surface area (Å²) in [5, 5.41) is 12.8. The number of benzene rings is 2. The number of hydrazone groups is 1. The fraction of sp³-hybridized carbons (Fsp3) is 0.0952. The Hall–Kier alpha value is -3.65. The maximum Gasteiger partial charge on any atom is 0.426 e. The van der Waals surface area contributed by atoms with Crippen molar-refractivity contribution in [2.24, 2.45) is 5.10 Å². The third-order valence-corrected chi connectivity index (χ3v) is 5.31. The molecular formula is C21H11F6N3OS. The topological polar surface area (TPSA) is 65.2 Å². The first-order valence-corrected chi connectivity index (χ1v) is 9.54. The van der Waals surface area contributed by atoms with Crippen molar-refractivity contribution in [3.05, 3.63) is 76.0 Å². The minimum absolute atomic E-state index is 0.0469. The van der Waals surface area contributed by atoms with Gasteiger partial charge in [0.15, 0.2) is 0 Å². The van der Waals surface area contributed by atoms with Crippen molar-refractivity contribution in [2.45, 2.75) is 12.4 Å². The summed E-state index contributed by atoms with van der Waals surface area (Å²) < 4.78 is 78.3. The molecule has 0 spiro atoms. The van der Waals surface area contributed by atoms with E-state index < -0.39 is 34.3 Å². The number of thiophene rings is 1. The van der Waals surface area contributed by atoms with Gasteiger partial charge in [0.1, 0.15) is 10.9 Å². The third kappa shape index (κ3) is 5.15. The number of Topliss-reactive ketones (excluding diaryl/α,β-unsaturated/α-hetero) is 1. The zero-order valence-electron chi connectivity index (χ0n) is 15.8. The molecule has 2 aromatic carbocycles. The summed E-state index contributed by atoms with van der Waals surface area (Å²) in [6.07, 6.45) is -9.27. The van der Waals surface area contributed by atoms with E-state index in [-0.39, 0.29) is 33.0 Å². The molecule has 0 fully saturated rings. The highest BCUT2D eigenvalue weighted by molar-refractivity contribution is 7.15. The van der Waals surface area contributed by atoms with Crippen LogP contribution < -0.4 is 5.43 Å². The lowest BCUT2D eigenvalue weighted by atomic mass is 10.1. The molecule has 0 aliphatic rings. The molecule has 0 radical (unpaired) electrons. The van der Waals surface area contributed by atoms with Gasteiger partial charge in [0, 0.05) is 5.56 Å². The number of ketones is 1. The number of nitrogens with zero attached hydrogens (tertiary/aromatic N) is 2. The Morgan fingerprint density at radius 1 is 0.938 bits per heavy atom. The van der Waals surface area contributed by atoms with E-state index in [1.165, 1.54) is 18.2 Å². The molecule has 4 nitrogen and oxygen atoms in total. The molecule has 32 heavy (non-hydrogen) atoms. The molecule has 0 atom stereocenters. The fourth-order valence-corrected chi connectivity index (χ4v) is 3.63. The van der Waals surface area contributed by atoms with Crippen LogP contribution in [0.15, 0.2) is 65.8 Å². The zero-order chi connectivity index (χ0) is 23.5. The lowest BCUT2D eigenvalue weighted by Crippen LogP contribution is -2.13. The molecule has 0 amide bonds. The Bertz CT molecular complexity index is 1190. The number of rotatable bonds is 5. The fourth-order valence-electron chi connectivity index (χ4n) is 2.64. The predicted octanol–water partition coefficient (Wildman–Crippen LogP) is 6.63. The normalized spacial score (nSPS) is 12.3. The van der Waals surface area contributed by atoms with Gasteiger partial charge in [-0.3, -0.25) is 10.2 Å². The van der Waals surface area contributed by atoms with Gasteiger partial charge in [-0.2, -0.15) is 36.7 Å². The van der Waals surface area contributed by atoms with E-state index in [1.807, 2.05) is 0 Å². The highest BCUT2D eigenvalue weighted by Gasteiger charge is 2.37. The van der Waals surface area contributed by atoms with Gasteiger partial charge in [-0.05, 0) is 35.9 Å². The van der Waals surface area contributed by atoms with Gasteiger partial charge in [-0.15, -0.1) is 11.3 Å². The highest BCUT2D eigenvalue weighted by atomic mass is 32.1. The molecule has 0 saturated heterocycles. The molecule has 0 unspecified atom stereocenters. The zero-order valence-corrected chi connectivity index (χ0v) is 16.6. The van der Waals surface area contributed by atoms with Crippen LogP contribution >= 0.6 is 11.3 Å². The van der Waals surface area contributed by atoms with Crippen LogP contribution in [0.25, 0.3) is 11.1 Å². The number of halogens is 6. The van der Waals surface area contributed by atoms with Crippen LogP contribution in [0.3, 0.4) is 0 Å². The van der Waals surface area contributed by atoms with Gasteiger partial charge in [0.05, 0.1) is 16.1 Å². The van der Waals surface area contributed by atoms with Gasteiger partial charge in [-0.1, -0.05) is 30.3 Å². The number of nitriles is 1. The van der Waals surface area contributed by atoms with Crippen LogP contribution in [0.1, 0.15) is 20.1 Å². The van der Waals surface area contributed by atoms with E-state index >= 15 is 0 Å². The van der Waals surface area contributed by atoms with Crippen molar-refractivity contribution in [2.75, 3.05) is 5.43 Å². The van der Waals surface area contributed by atoms with E-state index in [4.69, 9.17) is 0 Å². The molecule has 3 aromatic rings. The average molecular weight is 467 g/mol. The van der Waals surface area contributed by atoms with Gasteiger partial charge < -0.3 is 0 Å². The van der Waals surface area contributed by atoms with Crippen molar-refractivity contribution < 1.29 is 31.1 Å². The van der Waals surface area contributed by atoms with E-state index in [0.29, 0.717) is 0 Å². The molecule has 1 N–H and O–H groups in total. The predicted molar refractivity (Wildman–Crippen MR) is 107 cm³/mol. The summed E-state index contributed by atoms with van der Waals surface area (Å²) in [6, 6.07) is 13.8. The Morgan fingerprint density at radius 3 is 2.09 bits per heavy atom. The average Bonchev–Trinajstić information content (AvgIpc) is 3.20. The lowest BCUT2D eigenvalue weighted by Gasteiger charge is -2.07. The Balaban J connectivity index is 1.90. The first-order chi connectivity index (χ1) is 15.0. The van der Waals surface area contributed by atoms with Crippen LogP contribution in [0.4, 0.5) is 32.0 Å². The van der Waals surface area contributed by atoms with Crippen molar-refractivity contribution in [1.82, 2.24) is 0 Å². The first-order valence-electron chi connectivity index (χ1n) is 8.73. The van der Waals surface area contributed by atoms with Crippen LogP contribution in [-0.2, 0) is 12.4 Å². The smallest absolute Gasteiger partial charge is 0.285 e. The second-order valence-corrected chi connectivity index (χ2v) is 7.36. The highest BCUT2D eigenvalue weighted by Crippen LogP contribution is 2.43. The van der Waals surface area contributed by atoms with Crippen molar-refractivity contribution in [1.29, 1.82) is 5.26 Å². The van der Waals surface area contributed by atoms with Crippen molar-refractivity contribution in [3.8, 4) is 17.2 Å². The number of carbonyl (C=O) groups excluding carboxylic acids is 1. The van der Waals surface area contributed by atoms with E-state index in [2.05, 4.69) is 10.5 Å². The molecule has 11 heteroatoms. The van der Waals surface area contributed by atoms with Gasteiger partial charge in [0.25, 0.3) is 0 Å². The Morgan fingerprint density at radius 2 is 1.56 bits per heavy atom. The standard InChI is InChI=1S/C21H11F6N3OS/c22-20(23,24)13-6-8-14(9-7-13)29-30-16(11-28)18(31)17-10-15(12-4-2-1-3-5-12)19(32-17)21(25,26)27/h1-10,29H. The summed E-state index contributed by atoms with van der Waals surface area (Å²) in [6.45, 7) is 0. The second-order valence-electron chi connectivity index (χ2n) is 6.31. The number of carbonyl (C=O) groups is 1. The molecule has 0 bridgehead atoms. The molecule has 0 aliphatic heterocycles. The molecule has 3 rings (SSSR count). The van der Waals surface area contributed by atoms with Crippen LogP contribution in [0.5, 0.6) is 0 Å². The molecule has 1 heterocycles. The van der Waals surface area contributed by atoms with Gasteiger partial charge >= 0.3 is 12.4 Å². The largest absolute Gasteiger partial charge is 0.426 e. The number of alkyl halides is 6. The molecule has 0 saturated carbocycles. The van der Waals surface area contributed by atoms with E-state index in [1.54, 1.807) is 18.2 Å². The number of anilines is 1. The minimum atomic E-state index is -4.73. The SMILES string of the molecule is N#CC(=NNc1ccc(C(F)(F)F)cc1)C(=O)c1cc(-c2ccccc2)c(C(F)(F)F)s1. The van der Waals surface area contributed by atoms with Crippen LogP contribution in [0, 0.1) is 11.3 Å². The van der Waals surface area contributed by atoms with E-state index in [9.17, 15) is 36.4 Å². The third-order valence-electron chi connectivity index (χ3n) is 4.13. The maximum atomic E-state index is 13.5. The molecule has 164 valence electrons. The summed E-state index contributed by atoms with van der Waals surface area (Å²) in [5.41, 5.74) is 0.692. The Kier molecular flexibility index (Phi) is 6.36. The maximum absolute atomic E-state index is 13.5. The van der Waals surface area contributed by atoms with E-state index in [0.717, 1.165) is 30.3 Å². The summed E-state index contributed by atoms with van der Waals surface area (Å²) in [5.74, 6) is -1.05. The summed E-state index contributed by atoms with van der Waals surface area (Å²) >= 11 is 0.180. The number of hydrogen-bond donors (Lipinski definition) is 1. The van der Waals surface area contributed by atoms with Crippen LogP contribution in [0.2, 0.25) is 0 Å². The first kappa shape index (κ1) is 23.0. The van der Waals surface area contributed by atoms with Gasteiger partial charge in [-0.25, -0.2) is 0 Å². The quantitative estimate of drug-likeness (QED) is 0.198. The van der Waals surface area contributed by atoms with Crippen LogP contribution in [-0.4, -0.2) is 11.5 Å². The summed E-state index contributed by atoms with van der Waals surface area (Å²) in [7, 11) is 0. The van der Waals surface area contributed by atoms with Gasteiger partial charge in [0.2, 0.25) is 11.5 Å². The Labute approximate surface area is 181 Å². The monoisotopic (exact) mass is 467 g/mol. The number of hydrogen-bond acceptors (Lipinski definition) is 5. The second kappa shape index (κ2) is 8.84. The molecular weight excluding hydrogens is 456 g/mol. The number of nitrogens with one attached hydrogen (secondary N) is 1. The van der Waals surface area contributed by atoms with Crippen molar-refractivity contribution in [3.63, 3.8) is 0 Å². The minimum Gasteiger partial charge on any atom is -0.285 e. The summed E-state index contributed by atoms with van der Waals surface area (Å²) in [4.78, 5) is 11.3. The lowest BCUT2D eigenvalue weighted by molar-refractivity contribution is -0.137. The molecule has 1 aromatic heterocycles. The van der Waals surface area contributed by atoms with Crippen molar-refractivity contribution >= 4 is 28.5 Å².